The second-order valence-corrected chi connectivity index (χ2v) is 7.23. The molecule has 0 aliphatic rings. The molecule has 6 heteroatoms. The lowest BCUT2D eigenvalue weighted by atomic mass is 10.1. The fourth-order valence-corrected chi connectivity index (χ4v) is 3.08. The number of ether oxygens (including phenoxy) is 3. The van der Waals surface area contributed by atoms with Crippen LogP contribution in [0.3, 0.4) is 0 Å². The Morgan fingerprint density at radius 1 is 0.867 bits per heavy atom. The van der Waals surface area contributed by atoms with Crippen molar-refractivity contribution in [3.05, 3.63) is 88.4 Å². The Morgan fingerprint density at radius 2 is 1.53 bits per heavy atom. The Bertz CT molecular complexity index is 987. The second-order valence-electron chi connectivity index (χ2n) is 6.79. The number of halogens is 1. The maximum atomic E-state index is 12.9. The van der Waals surface area contributed by atoms with Crippen LogP contribution in [0.1, 0.15) is 21.5 Å². The molecule has 0 spiro atoms. The van der Waals surface area contributed by atoms with E-state index in [9.17, 15) is 4.79 Å². The fraction of sp³-hybridized carbons (Fsp3) is 0.208. The molecule has 3 aromatic carbocycles. The monoisotopic (exact) mass is 425 g/mol. The van der Waals surface area contributed by atoms with E-state index in [0.717, 1.165) is 16.9 Å². The lowest BCUT2D eigenvalue weighted by Gasteiger charge is -2.19. The first kappa shape index (κ1) is 21.5. The van der Waals surface area contributed by atoms with Crippen LogP contribution in [0.2, 0.25) is 5.02 Å². The largest absolute Gasteiger partial charge is 0.497 e. The van der Waals surface area contributed by atoms with E-state index in [4.69, 9.17) is 25.8 Å². The van der Waals surface area contributed by atoms with Gasteiger partial charge in [-0.2, -0.15) is 0 Å². The Morgan fingerprint density at radius 3 is 2.17 bits per heavy atom. The van der Waals surface area contributed by atoms with E-state index in [-0.39, 0.29) is 5.91 Å². The van der Waals surface area contributed by atoms with E-state index in [2.05, 4.69) is 0 Å². The van der Waals surface area contributed by atoms with Crippen molar-refractivity contribution >= 4 is 17.5 Å². The molecule has 0 fully saturated rings. The summed E-state index contributed by atoms with van der Waals surface area (Å²) < 4.78 is 16.5. The van der Waals surface area contributed by atoms with Gasteiger partial charge in [0.25, 0.3) is 5.91 Å². The molecule has 0 atom stereocenters. The number of benzene rings is 3. The molecule has 0 saturated heterocycles. The third kappa shape index (κ3) is 5.45. The summed E-state index contributed by atoms with van der Waals surface area (Å²) in [5.41, 5.74) is 2.53. The minimum absolute atomic E-state index is 0.103. The molecule has 3 aromatic rings. The molecule has 3 rings (SSSR count). The van der Waals surface area contributed by atoms with Crippen molar-refractivity contribution in [1.29, 1.82) is 0 Å². The Kier molecular flexibility index (Phi) is 7.20. The van der Waals surface area contributed by atoms with Gasteiger partial charge in [0, 0.05) is 24.2 Å². The van der Waals surface area contributed by atoms with Gasteiger partial charge >= 0.3 is 0 Å². The average Bonchev–Trinajstić information content (AvgIpc) is 2.78. The Hall–Kier alpha value is -3.18. The number of hydrogen-bond donors (Lipinski definition) is 0. The van der Waals surface area contributed by atoms with Gasteiger partial charge in [-0.15, -0.1) is 0 Å². The first-order valence-corrected chi connectivity index (χ1v) is 9.81. The van der Waals surface area contributed by atoms with Gasteiger partial charge in [0.05, 0.1) is 14.2 Å². The van der Waals surface area contributed by atoms with Crippen molar-refractivity contribution < 1.29 is 19.0 Å². The number of methoxy groups -OCH3 is 2. The standard InChI is InChI=1S/C24H24ClNO4/c1-26(15-17-6-11-21(28-2)12-7-17)24(27)19-8-13-22(23(14-19)29-3)30-16-18-4-9-20(25)10-5-18/h4-14H,15-16H2,1-3H3. The number of rotatable bonds is 8. The van der Waals surface area contributed by atoms with Crippen LogP contribution in [0.4, 0.5) is 0 Å². The summed E-state index contributed by atoms with van der Waals surface area (Å²) in [5, 5.41) is 0.679. The summed E-state index contributed by atoms with van der Waals surface area (Å²) in [4.78, 5) is 14.5. The highest BCUT2D eigenvalue weighted by molar-refractivity contribution is 6.30. The molecule has 0 unspecified atom stereocenters. The van der Waals surface area contributed by atoms with Crippen LogP contribution < -0.4 is 14.2 Å². The zero-order valence-electron chi connectivity index (χ0n) is 17.2. The molecular formula is C24H24ClNO4. The van der Waals surface area contributed by atoms with Crippen molar-refractivity contribution in [2.45, 2.75) is 13.2 Å². The Balaban J connectivity index is 1.67. The van der Waals surface area contributed by atoms with Gasteiger partial charge < -0.3 is 19.1 Å². The summed E-state index contributed by atoms with van der Waals surface area (Å²) in [6.45, 7) is 0.859. The molecule has 0 aromatic heterocycles. The third-order valence-electron chi connectivity index (χ3n) is 4.64. The molecule has 5 nitrogen and oxygen atoms in total. The van der Waals surface area contributed by atoms with Crippen LogP contribution >= 0.6 is 11.6 Å². The van der Waals surface area contributed by atoms with Crippen molar-refractivity contribution in [2.75, 3.05) is 21.3 Å². The number of carbonyl (C=O) groups is 1. The first-order valence-electron chi connectivity index (χ1n) is 9.44. The molecule has 0 bridgehead atoms. The van der Waals surface area contributed by atoms with Crippen LogP contribution in [0.15, 0.2) is 66.7 Å². The predicted molar refractivity (Wildman–Crippen MR) is 118 cm³/mol. The third-order valence-corrected chi connectivity index (χ3v) is 4.90. The van der Waals surface area contributed by atoms with Crippen LogP contribution in [-0.4, -0.2) is 32.1 Å². The highest BCUT2D eigenvalue weighted by Gasteiger charge is 2.15. The minimum atomic E-state index is -0.103. The smallest absolute Gasteiger partial charge is 0.254 e. The minimum Gasteiger partial charge on any atom is -0.497 e. The molecule has 30 heavy (non-hydrogen) atoms. The number of hydrogen-bond acceptors (Lipinski definition) is 4. The van der Waals surface area contributed by atoms with Gasteiger partial charge in [0.2, 0.25) is 0 Å². The van der Waals surface area contributed by atoms with Crippen molar-refractivity contribution in [3.63, 3.8) is 0 Å². The maximum absolute atomic E-state index is 12.9. The molecule has 0 aliphatic heterocycles. The molecule has 156 valence electrons. The van der Waals surface area contributed by atoms with Gasteiger partial charge in [0.15, 0.2) is 11.5 Å². The highest BCUT2D eigenvalue weighted by Crippen LogP contribution is 2.29. The molecule has 0 aliphatic carbocycles. The second kappa shape index (κ2) is 10.0. The van der Waals surface area contributed by atoms with Crippen LogP contribution in [-0.2, 0) is 13.2 Å². The van der Waals surface area contributed by atoms with E-state index >= 15 is 0 Å². The van der Waals surface area contributed by atoms with Crippen LogP contribution in [0.25, 0.3) is 0 Å². The van der Waals surface area contributed by atoms with Crippen LogP contribution in [0.5, 0.6) is 17.2 Å². The molecular weight excluding hydrogens is 402 g/mol. The summed E-state index contributed by atoms with van der Waals surface area (Å²) in [5.74, 6) is 1.76. The molecule has 0 heterocycles. The SMILES string of the molecule is COc1ccc(CN(C)C(=O)c2ccc(OCc3ccc(Cl)cc3)c(OC)c2)cc1. The summed E-state index contributed by atoms with van der Waals surface area (Å²) >= 11 is 5.91. The van der Waals surface area contributed by atoms with Crippen molar-refractivity contribution in [2.24, 2.45) is 0 Å². The quantitative estimate of drug-likeness (QED) is 0.497. The lowest BCUT2D eigenvalue weighted by molar-refractivity contribution is 0.0784. The number of amides is 1. The molecule has 0 N–H and O–H groups in total. The van der Waals surface area contributed by atoms with Gasteiger partial charge in [-0.3, -0.25) is 4.79 Å². The zero-order valence-corrected chi connectivity index (χ0v) is 18.0. The van der Waals surface area contributed by atoms with Crippen LogP contribution in [0, 0.1) is 0 Å². The molecule has 0 saturated carbocycles. The van der Waals surface area contributed by atoms with Gasteiger partial charge in [-0.25, -0.2) is 0 Å². The topological polar surface area (TPSA) is 48.0 Å². The predicted octanol–water partition coefficient (Wildman–Crippen LogP) is 5.21. The number of carbonyl (C=O) groups excluding carboxylic acids is 1. The average molecular weight is 426 g/mol. The lowest BCUT2D eigenvalue weighted by Crippen LogP contribution is -2.26. The van der Waals surface area contributed by atoms with Crippen molar-refractivity contribution in [1.82, 2.24) is 4.90 Å². The summed E-state index contributed by atoms with van der Waals surface area (Å²) in [6, 6.07) is 20.3. The van der Waals surface area contributed by atoms with Crippen molar-refractivity contribution in [3.8, 4) is 17.2 Å². The molecule has 0 radical (unpaired) electrons. The first-order chi connectivity index (χ1) is 14.5. The summed E-state index contributed by atoms with van der Waals surface area (Å²) in [6.07, 6.45) is 0. The van der Waals surface area contributed by atoms with E-state index in [1.807, 2.05) is 48.5 Å². The van der Waals surface area contributed by atoms with E-state index in [1.165, 1.54) is 0 Å². The molecule has 1 amide bonds. The fourth-order valence-electron chi connectivity index (χ4n) is 2.96. The van der Waals surface area contributed by atoms with E-state index < -0.39 is 0 Å². The van der Waals surface area contributed by atoms with E-state index in [1.54, 1.807) is 44.4 Å². The Labute approximate surface area is 181 Å². The summed E-state index contributed by atoms with van der Waals surface area (Å²) in [7, 11) is 4.95. The van der Waals surface area contributed by atoms with E-state index in [0.29, 0.717) is 35.2 Å². The number of nitrogens with zero attached hydrogens (tertiary/aromatic N) is 1. The van der Waals surface area contributed by atoms with Gasteiger partial charge in [0.1, 0.15) is 12.4 Å². The normalized spacial score (nSPS) is 10.4. The van der Waals surface area contributed by atoms with Gasteiger partial charge in [-0.1, -0.05) is 35.9 Å². The maximum Gasteiger partial charge on any atom is 0.254 e. The van der Waals surface area contributed by atoms with Gasteiger partial charge in [-0.05, 0) is 53.6 Å². The highest BCUT2D eigenvalue weighted by atomic mass is 35.5. The zero-order chi connectivity index (χ0) is 21.5.